The normalized spacial score (nSPS) is 21.9. The van der Waals surface area contributed by atoms with Crippen molar-refractivity contribution in [1.82, 2.24) is 14.8 Å². The molecule has 0 aromatic carbocycles. The summed E-state index contributed by atoms with van der Waals surface area (Å²) in [6, 6.07) is -0.412. The number of rotatable bonds is 6. The van der Waals surface area contributed by atoms with Crippen LogP contribution in [0.4, 0.5) is 8.78 Å². The summed E-state index contributed by atoms with van der Waals surface area (Å²) in [4.78, 5) is 3.88. The van der Waals surface area contributed by atoms with Gasteiger partial charge in [0.2, 0.25) is 6.43 Å². The van der Waals surface area contributed by atoms with Gasteiger partial charge in [-0.2, -0.15) is 5.10 Å². The van der Waals surface area contributed by atoms with Gasteiger partial charge in [-0.25, -0.2) is 18.4 Å². The number of aliphatic hydroxyl groups excluding tert-OH is 1. The van der Waals surface area contributed by atoms with Crippen LogP contribution in [0.2, 0.25) is 0 Å². The lowest BCUT2D eigenvalue weighted by Crippen LogP contribution is -2.35. The molecule has 1 aliphatic rings. The largest absolute Gasteiger partial charge is 0.390 e. The van der Waals surface area contributed by atoms with Crippen LogP contribution in [0.1, 0.15) is 51.5 Å². The van der Waals surface area contributed by atoms with Crippen LogP contribution in [-0.4, -0.2) is 32.4 Å². The van der Waals surface area contributed by atoms with Gasteiger partial charge < -0.3 is 5.11 Å². The third-order valence-electron chi connectivity index (χ3n) is 4.41. The number of hydrogen-bond acceptors (Lipinski definition) is 3. The minimum atomic E-state index is -2.53. The molecule has 0 bridgehead atoms. The molecular formula is C14H23F2N3O. The number of hydrogen-bond donors (Lipinski definition) is 1. The van der Waals surface area contributed by atoms with E-state index in [4.69, 9.17) is 0 Å². The quantitative estimate of drug-likeness (QED) is 0.875. The van der Waals surface area contributed by atoms with Crippen molar-refractivity contribution in [2.75, 3.05) is 0 Å². The van der Waals surface area contributed by atoms with E-state index in [1.165, 1.54) is 43.5 Å². The SMILES string of the molecule is CC(C(F)F)C(O)C(CC1CCCCC1)n1cncn1. The van der Waals surface area contributed by atoms with Crippen LogP contribution in [0, 0.1) is 11.8 Å². The fraction of sp³-hybridized carbons (Fsp3) is 0.857. The third kappa shape index (κ3) is 3.75. The molecule has 1 saturated carbocycles. The van der Waals surface area contributed by atoms with Crippen LogP contribution in [0.15, 0.2) is 12.7 Å². The highest BCUT2D eigenvalue weighted by Gasteiger charge is 2.34. The molecule has 4 nitrogen and oxygen atoms in total. The molecular weight excluding hydrogens is 264 g/mol. The molecule has 1 N–H and O–H groups in total. The predicted molar refractivity (Wildman–Crippen MR) is 71.4 cm³/mol. The van der Waals surface area contributed by atoms with E-state index in [-0.39, 0.29) is 0 Å². The fourth-order valence-corrected chi connectivity index (χ4v) is 3.06. The summed E-state index contributed by atoms with van der Waals surface area (Å²) < 4.78 is 27.2. The van der Waals surface area contributed by atoms with Crippen LogP contribution < -0.4 is 0 Å². The molecule has 0 spiro atoms. The number of alkyl halides is 2. The van der Waals surface area contributed by atoms with Crippen molar-refractivity contribution in [3.05, 3.63) is 12.7 Å². The minimum Gasteiger partial charge on any atom is -0.390 e. The highest BCUT2D eigenvalue weighted by Crippen LogP contribution is 2.34. The van der Waals surface area contributed by atoms with Crippen LogP contribution in [-0.2, 0) is 0 Å². The second-order valence-electron chi connectivity index (χ2n) is 5.87. The van der Waals surface area contributed by atoms with Crippen molar-refractivity contribution < 1.29 is 13.9 Å². The molecule has 3 unspecified atom stereocenters. The molecule has 2 rings (SSSR count). The van der Waals surface area contributed by atoms with Crippen molar-refractivity contribution in [2.24, 2.45) is 11.8 Å². The van der Waals surface area contributed by atoms with Crippen molar-refractivity contribution >= 4 is 0 Å². The first-order chi connectivity index (χ1) is 9.59. The third-order valence-corrected chi connectivity index (χ3v) is 4.41. The zero-order valence-electron chi connectivity index (χ0n) is 11.8. The Morgan fingerprint density at radius 1 is 1.30 bits per heavy atom. The van der Waals surface area contributed by atoms with E-state index < -0.39 is 24.5 Å². The van der Waals surface area contributed by atoms with Gasteiger partial charge in [0.05, 0.1) is 12.1 Å². The highest BCUT2D eigenvalue weighted by atomic mass is 19.3. The predicted octanol–water partition coefficient (Wildman–Crippen LogP) is 3.05. The van der Waals surface area contributed by atoms with Crippen LogP contribution in [0.3, 0.4) is 0 Å². The van der Waals surface area contributed by atoms with E-state index in [0.29, 0.717) is 12.3 Å². The van der Waals surface area contributed by atoms with Crippen molar-refractivity contribution in [3.8, 4) is 0 Å². The number of halogens is 2. The molecule has 1 heterocycles. The number of aliphatic hydroxyl groups is 1. The summed E-state index contributed by atoms with van der Waals surface area (Å²) in [5.41, 5.74) is 0. The maximum Gasteiger partial charge on any atom is 0.243 e. The summed E-state index contributed by atoms with van der Waals surface area (Å²) in [6.07, 6.45) is 5.82. The lowest BCUT2D eigenvalue weighted by atomic mass is 9.82. The van der Waals surface area contributed by atoms with E-state index in [0.717, 1.165) is 12.8 Å². The first-order valence-electron chi connectivity index (χ1n) is 7.40. The van der Waals surface area contributed by atoms with Crippen molar-refractivity contribution in [3.63, 3.8) is 0 Å². The Morgan fingerprint density at radius 2 is 2.00 bits per heavy atom. The van der Waals surface area contributed by atoms with E-state index >= 15 is 0 Å². The molecule has 0 amide bonds. The molecule has 1 aromatic rings. The molecule has 1 aliphatic carbocycles. The monoisotopic (exact) mass is 287 g/mol. The second kappa shape index (κ2) is 7.11. The molecule has 1 aromatic heterocycles. The maximum atomic E-state index is 12.9. The van der Waals surface area contributed by atoms with Crippen LogP contribution >= 0.6 is 0 Å². The summed E-state index contributed by atoms with van der Waals surface area (Å²) in [6.45, 7) is 1.39. The Kier molecular flexibility index (Phi) is 5.46. The van der Waals surface area contributed by atoms with Gasteiger partial charge >= 0.3 is 0 Å². The van der Waals surface area contributed by atoms with Gasteiger partial charge in [0.15, 0.2) is 0 Å². The summed E-state index contributed by atoms with van der Waals surface area (Å²) in [7, 11) is 0. The van der Waals surface area contributed by atoms with Gasteiger partial charge in [0.25, 0.3) is 0 Å². The lowest BCUT2D eigenvalue weighted by molar-refractivity contribution is -0.0316. The summed E-state index contributed by atoms with van der Waals surface area (Å²) >= 11 is 0. The molecule has 0 radical (unpaired) electrons. The standard InChI is InChI=1S/C14H23F2N3O/c1-10(14(15)16)13(20)12(19-9-17-8-18-19)7-11-5-3-2-4-6-11/h8-14,20H,2-7H2,1H3. The zero-order chi connectivity index (χ0) is 14.5. The first-order valence-corrected chi connectivity index (χ1v) is 7.40. The number of aromatic nitrogens is 3. The number of nitrogens with zero attached hydrogens (tertiary/aromatic N) is 3. The molecule has 6 heteroatoms. The van der Waals surface area contributed by atoms with E-state index in [9.17, 15) is 13.9 Å². The lowest BCUT2D eigenvalue weighted by Gasteiger charge is -2.31. The van der Waals surface area contributed by atoms with E-state index in [2.05, 4.69) is 10.1 Å². The van der Waals surface area contributed by atoms with Crippen molar-refractivity contribution in [2.45, 2.75) is 64.0 Å². The average molecular weight is 287 g/mol. The Balaban J connectivity index is 2.08. The summed E-state index contributed by atoms with van der Waals surface area (Å²) in [5, 5.41) is 14.3. The Labute approximate surface area is 118 Å². The van der Waals surface area contributed by atoms with Gasteiger partial charge in [-0.3, -0.25) is 0 Å². The van der Waals surface area contributed by atoms with Crippen molar-refractivity contribution in [1.29, 1.82) is 0 Å². The Bertz CT molecular complexity index is 380. The van der Waals surface area contributed by atoms with Crippen LogP contribution in [0.25, 0.3) is 0 Å². The first kappa shape index (κ1) is 15.4. The highest BCUT2D eigenvalue weighted by molar-refractivity contribution is 4.83. The fourth-order valence-electron chi connectivity index (χ4n) is 3.06. The molecule has 114 valence electrons. The summed E-state index contributed by atoms with van der Waals surface area (Å²) in [5.74, 6) is -0.578. The topological polar surface area (TPSA) is 50.9 Å². The minimum absolute atomic E-state index is 0.412. The average Bonchev–Trinajstić information content (AvgIpc) is 2.98. The second-order valence-corrected chi connectivity index (χ2v) is 5.87. The van der Waals surface area contributed by atoms with Gasteiger partial charge in [-0.05, 0) is 12.3 Å². The Morgan fingerprint density at radius 3 is 2.55 bits per heavy atom. The van der Waals surface area contributed by atoms with Gasteiger partial charge in [-0.15, -0.1) is 0 Å². The maximum absolute atomic E-state index is 12.9. The van der Waals surface area contributed by atoms with E-state index in [1.54, 1.807) is 0 Å². The van der Waals surface area contributed by atoms with Gasteiger partial charge in [0, 0.05) is 5.92 Å². The van der Waals surface area contributed by atoms with Gasteiger partial charge in [-0.1, -0.05) is 39.0 Å². The smallest absolute Gasteiger partial charge is 0.243 e. The zero-order valence-corrected chi connectivity index (χ0v) is 11.8. The molecule has 3 atom stereocenters. The molecule has 1 fully saturated rings. The van der Waals surface area contributed by atoms with Gasteiger partial charge in [0.1, 0.15) is 12.7 Å². The molecule has 0 saturated heterocycles. The van der Waals surface area contributed by atoms with Crippen LogP contribution in [0.5, 0.6) is 0 Å². The Hall–Kier alpha value is -1.04. The van der Waals surface area contributed by atoms with E-state index in [1.807, 2.05) is 0 Å². The molecule has 20 heavy (non-hydrogen) atoms. The molecule has 0 aliphatic heterocycles.